The van der Waals surface area contributed by atoms with E-state index < -0.39 is 34.9 Å². The molecule has 2 aliphatic carbocycles. The van der Waals surface area contributed by atoms with Crippen LogP contribution in [0.4, 0.5) is 11.4 Å². The van der Waals surface area contributed by atoms with E-state index in [-0.39, 0.29) is 34.0 Å². The van der Waals surface area contributed by atoms with E-state index in [9.17, 15) is 24.0 Å². The first-order chi connectivity index (χ1) is 21.4. The van der Waals surface area contributed by atoms with Crippen molar-refractivity contribution in [2.75, 3.05) is 23.9 Å². The number of H-pyrrole nitrogens is 1. The molecule has 0 spiro atoms. The summed E-state index contributed by atoms with van der Waals surface area (Å²) in [5, 5.41) is 0.337. The van der Waals surface area contributed by atoms with Crippen LogP contribution in [0.2, 0.25) is 0 Å². The summed E-state index contributed by atoms with van der Waals surface area (Å²) in [4.78, 5) is 78.9. The molecule has 1 saturated carbocycles. The van der Waals surface area contributed by atoms with Crippen LogP contribution in [0.3, 0.4) is 0 Å². The first-order valence-electron chi connectivity index (χ1n) is 15.4. The second-order valence-electron chi connectivity index (χ2n) is 12.8. The number of anilines is 2. The maximum atomic E-state index is 14.1. The van der Waals surface area contributed by atoms with Crippen LogP contribution in [0, 0.1) is 27.7 Å². The Kier molecular flexibility index (Phi) is 6.44. The van der Waals surface area contributed by atoms with Crippen LogP contribution in [0.1, 0.15) is 113 Å². The van der Waals surface area contributed by atoms with Gasteiger partial charge >= 0.3 is 0 Å². The van der Waals surface area contributed by atoms with Gasteiger partial charge in [0, 0.05) is 30.9 Å². The number of Topliss-reactive ketones (excluding diaryl/α,β-unsaturated/α-hetero) is 2. The van der Waals surface area contributed by atoms with Crippen molar-refractivity contribution in [3.05, 3.63) is 96.6 Å². The minimum atomic E-state index is -1.37. The second-order valence-corrected chi connectivity index (χ2v) is 12.8. The third-order valence-corrected chi connectivity index (χ3v) is 10.3. The highest BCUT2D eigenvalue weighted by Gasteiger charge is 2.47. The summed E-state index contributed by atoms with van der Waals surface area (Å²) in [6, 6.07) is 7.94. The summed E-state index contributed by atoms with van der Waals surface area (Å²) in [5.41, 5.74) is 6.89. The molecular weight excluding hydrogens is 568 g/mol. The molecule has 9 heteroatoms. The number of carbonyl (C=O) groups is 4. The number of hydrogen-bond donors (Lipinski definition) is 1. The molecule has 2 amide bonds. The second kappa shape index (κ2) is 10.1. The monoisotopic (exact) mass is 602 g/mol. The van der Waals surface area contributed by atoms with E-state index in [2.05, 4.69) is 23.8 Å². The smallest absolute Gasteiger partial charge is 0.266 e. The molecule has 4 aromatic rings. The molecule has 3 aromatic carbocycles. The van der Waals surface area contributed by atoms with E-state index in [1.54, 1.807) is 18.2 Å². The number of nitrogens with one attached hydrogen (secondary N) is 1. The first-order valence-corrected chi connectivity index (χ1v) is 15.4. The third kappa shape index (κ3) is 4.06. The summed E-state index contributed by atoms with van der Waals surface area (Å²) >= 11 is 0. The number of fused-ring (bicyclic) bond motifs is 3. The van der Waals surface area contributed by atoms with Gasteiger partial charge < -0.3 is 9.88 Å². The standard InChI is InChI=1S/C36H34N4O5/c1-16-17(2)19(4)30(28(18(16)3)20-9-7-8-10-20)40-35(44)24-14-22-23(15-25(24)36(40)45)32(42)29(31(22)41)33-37-27-12-11-21(39(5)6)13-26(27)34(43)38-33/h11-15,20,29H,7-10H2,1-6H3,(H,37,38,43). The lowest BCUT2D eigenvalue weighted by Crippen LogP contribution is -2.32. The van der Waals surface area contributed by atoms with Gasteiger partial charge in [-0.2, -0.15) is 0 Å². The van der Waals surface area contributed by atoms with Crippen LogP contribution in [0.25, 0.3) is 10.9 Å². The molecule has 45 heavy (non-hydrogen) atoms. The zero-order valence-corrected chi connectivity index (χ0v) is 26.3. The van der Waals surface area contributed by atoms with Gasteiger partial charge in [0.2, 0.25) is 0 Å². The van der Waals surface area contributed by atoms with Crippen LogP contribution in [0.5, 0.6) is 0 Å². The average Bonchev–Trinajstić information content (AvgIpc) is 3.69. The maximum absolute atomic E-state index is 14.1. The normalized spacial score (nSPS) is 16.8. The molecule has 9 nitrogen and oxygen atoms in total. The van der Waals surface area contributed by atoms with Crippen LogP contribution < -0.4 is 15.4 Å². The molecule has 0 bridgehead atoms. The minimum absolute atomic E-state index is 0.0569. The number of carbonyl (C=O) groups excluding carboxylic acids is 4. The Bertz CT molecular complexity index is 2050. The van der Waals surface area contributed by atoms with Crippen LogP contribution in [-0.2, 0) is 0 Å². The lowest BCUT2D eigenvalue weighted by atomic mass is 9.84. The predicted molar refractivity (Wildman–Crippen MR) is 172 cm³/mol. The molecule has 2 heterocycles. The Balaban J connectivity index is 1.30. The first kappa shape index (κ1) is 28.8. The predicted octanol–water partition coefficient (Wildman–Crippen LogP) is 5.84. The Labute approximate surface area is 260 Å². The fourth-order valence-electron chi connectivity index (χ4n) is 7.46. The maximum Gasteiger partial charge on any atom is 0.266 e. The van der Waals surface area contributed by atoms with Gasteiger partial charge in [0.25, 0.3) is 17.4 Å². The number of ketones is 2. The topological polar surface area (TPSA) is 121 Å². The van der Waals surface area contributed by atoms with Gasteiger partial charge in [-0.25, -0.2) is 9.88 Å². The molecule has 1 N–H and O–H groups in total. The molecule has 0 radical (unpaired) electrons. The van der Waals surface area contributed by atoms with E-state index in [1.165, 1.54) is 17.0 Å². The minimum Gasteiger partial charge on any atom is -0.378 e. The van der Waals surface area contributed by atoms with Crippen molar-refractivity contribution >= 4 is 45.7 Å². The number of benzene rings is 3. The van der Waals surface area contributed by atoms with Crippen molar-refractivity contribution < 1.29 is 19.2 Å². The number of aromatic amines is 1. The number of amides is 2. The molecule has 3 aliphatic rings. The third-order valence-electron chi connectivity index (χ3n) is 10.3. The lowest BCUT2D eigenvalue weighted by Gasteiger charge is -2.28. The van der Waals surface area contributed by atoms with Crippen molar-refractivity contribution in [3.8, 4) is 0 Å². The van der Waals surface area contributed by atoms with Crippen LogP contribution >= 0.6 is 0 Å². The highest BCUT2D eigenvalue weighted by atomic mass is 16.2. The van der Waals surface area contributed by atoms with E-state index in [1.807, 2.05) is 32.8 Å². The number of rotatable bonds is 4. The molecule has 7 rings (SSSR count). The quantitative estimate of drug-likeness (QED) is 0.230. The molecule has 0 atom stereocenters. The molecule has 1 fully saturated rings. The number of hydrogen-bond acceptors (Lipinski definition) is 7. The SMILES string of the molecule is Cc1c(C)c(C)c(N2C(=O)c3cc4c(cc3C2=O)C(=O)C(c2nc3ccc(N(C)C)cc3c(=O)[nH]2)C4=O)c(C2CCCC2)c1C. The number of nitrogens with zero attached hydrogens (tertiary/aromatic N) is 3. The molecule has 1 aromatic heterocycles. The average molecular weight is 603 g/mol. The molecule has 0 saturated heterocycles. The Morgan fingerprint density at radius 1 is 0.756 bits per heavy atom. The van der Waals surface area contributed by atoms with Gasteiger partial charge in [-0.1, -0.05) is 12.8 Å². The molecule has 1 aliphatic heterocycles. The zero-order chi connectivity index (χ0) is 32.1. The molecule has 228 valence electrons. The van der Waals surface area contributed by atoms with Crippen LogP contribution in [0.15, 0.2) is 35.1 Å². The van der Waals surface area contributed by atoms with E-state index in [0.29, 0.717) is 16.6 Å². The number of imide groups is 1. The summed E-state index contributed by atoms with van der Waals surface area (Å²) in [6.07, 6.45) is 4.20. The van der Waals surface area contributed by atoms with Crippen LogP contribution in [-0.4, -0.2) is 47.4 Å². The van der Waals surface area contributed by atoms with Crippen molar-refractivity contribution in [2.45, 2.75) is 65.2 Å². The largest absolute Gasteiger partial charge is 0.378 e. The van der Waals surface area contributed by atoms with Crippen molar-refractivity contribution in [1.82, 2.24) is 9.97 Å². The van der Waals surface area contributed by atoms with Gasteiger partial charge in [0.15, 0.2) is 11.6 Å². The van der Waals surface area contributed by atoms with Gasteiger partial charge in [-0.15, -0.1) is 0 Å². The lowest BCUT2D eigenvalue weighted by molar-refractivity contribution is 0.0882. The van der Waals surface area contributed by atoms with Gasteiger partial charge in [-0.3, -0.25) is 24.0 Å². The summed E-state index contributed by atoms with van der Waals surface area (Å²) in [5.74, 6) is -3.29. The van der Waals surface area contributed by atoms with Gasteiger partial charge in [-0.05, 0) is 105 Å². The highest BCUT2D eigenvalue weighted by molar-refractivity contribution is 6.37. The van der Waals surface area contributed by atoms with Gasteiger partial charge in [0.05, 0.1) is 27.7 Å². The Morgan fingerprint density at radius 3 is 1.91 bits per heavy atom. The number of aromatic nitrogens is 2. The summed E-state index contributed by atoms with van der Waals surface area (Å²) in [6.45, 7) is 8.11. The Morgan fingerprint density at radius 2 is 1.33 bits per heavy atom. The fourth-order valence-corrected chi connectivity index (χ4v) is 7.46. The molecular formula is C36H34N4O5. The zero-order valence-electron chi connectivity index (χ0n) is 26.3. The van der Waals surface area contributed by atoms with Crippen molar-refractivity contribution in [2.24, 2.45) is 0 Å². The molecule has 0 unspecified atom stereocenters. The summed E-state index contributed by atoms with van der Waals surface area (Å²) in [7, 11) is 3.71. The van der Waals surface area contributed by atoms with E-state index in [4.69, 9.17) is 0 Å². The highest BCUT2D eigenvalue weighted by Crippen LogP contribution is 2.47. The van der Waals surface area contributed by atoms with Crippen molar-refractivity contribution in [3.63, 3.8) is 0 Å². The van der Waals surface area contributed by atoms with Crippen molar-refractivity contribution in [1.29, 1.82) is 0 Å². The summed E-state index contributed by atoms with van der Waals surface area (Å²) < 4.78 is 0. The van der Waals surface area contributed by atoms with E-state index in [0.717, 1.165) is 59.2 Å². The van der Waals surface area contributed by atoms with E-state index >= 15 is 0 Å². The Hall–Kier alpha value is -4.92. The fraction of sp³-hybridized carbons (Fsp3) is 0.333. The van der Waals surface area contributed by atoms with Gasteiger partial charge in [0.1, 0.15) is 11.7 Å².